The van der Waals surface area contributed by atoms with Gasteiger partial charge in [0.15, 0.2) is 0 Å². The first-order valence-electron chi connectivity index (χ1n) is 12.1. The second-order valence-electron chi connectivity index (χ2n) is 8.97. The second kappa shape index (κ2) is 10.9. The number of carbonyl (C=O) groups is 1. The molecule has 1 amide bonds. The number of furan rings is 1. The van der Waals surface area contributed by atoms with Gasteiger partial charge in [-0.2, -0.15) is 21.6 Å². The SMILES string of the molecule is O=C(c1cccc2ccccc12)N(Cc1ccc(OS(=O)(=O)c2cccc(C(F)(F)F)c2)cc1)Cc1ccco1. The van der Waals surface area contributed by atoms with Crippen LogP contribution < -0.4 is 4.18 Å². The largest absolute Gasteiger partial charge is 0.467 e. The van der Waals surface area contributed by atoms with Crippen LogP contribution in [0.2, 0.25) is 0 Å². The quantitative estimate of drug-likeness (QED) is 0.188. The van der Waals surface area contributed by atoms with Gasteiger partial charge in [-0.15, -0.1) is 0 Å². The molecule has 40 heavy (non-hydrogen) atoms. The van der Waals surface area contributed by atoms with E-state index in [9.17, 15) is 26.4 Å². The number of rotatable bonds is 8. The summed E-state index contributed by atoms with van der Waals surface area (Å²) in [5.74, 6) is 0.278. The van der Waals surface area contributed by atoms with Crippen molar-refractivity contribution in [3.8, 4) is 5.75 Å². The summed E-state index contributed by atoms with van der Waals surface area (Å²) in [6.45, 7) is 0.362. The van der Waals surface area contributed by atoms with Gasteiger partial charge in [0.25, 0.3) is 5.91 Å². The third kappa shape index (κ3) is 6.02. The summed E-state index contributed by atoms with van der Waals surface area (Å²) in [4.78, 5) is 14.7. The molecule has 0 saturated heterocycles. The summed E-state index contributed by atoms with van der Waals surface area (Å²) in [6, 6.07) is 25.8. The first-order valence-corrected chi connectivity index (χ1v) is 13.5. The predicted molar refractivity (Wildman–Crippen MR) is 142 cm³/mol. The monoisotopic (exact) mass is 565 g/mol. The number of nitrogens with zero attached hydrogens (tertiary/aromatic N) is 1. The standard InChI is InChI=1S/C30H22F3NO5S/c31-30(32,33)23-8-4-10-26(18-23)40(36,37)39-24-15-13-21(14-16-24)19-34(20-25-9-5-17-38-25)29(35)28-12-3-7-22-6-1-2-11-27(22)28/h1-18H,19-20H2. The molecule has 6 nitrogen and oxygen atoms in total. The molecule has 0 aliphatic heterocycles. The number of hydrogen-bond donors (Lipinski definition) is 0. The van der Waals surface area contributed by atoms with Crippen LogP contribution in [0.15, 0.2) is 119 Å². The lowest BCUT2D eigenvalue weighted by Gasteiger charge is -2.23. The summed E-state index contributed by atoms with van der Waals surface area (Å²) in [6.07, 6.45) is -3.18. The number of benzene rings is 4. The van der Waals surface area contributed by atoms with Crippen molar-refractivity contribution >= 4 is 26.8 Å². The number of hydrogen-bond acceptors (Lipinski definition) is 5. The fourth-order valence-electron chi connectivity index (χ4n) is 4.25. The molecule has 0 bridgehead atoms. The maximum absolute atomic E-state index is 13.7. The first kappa shape index (κ1) is 27.0. The Bertz CT molecular complexity index is 1740. The maximum Gasteiger partial charge on any atom is 0.416 e. The number of fused-ring (bicyclic) bond motifs is 1. The molecule has 0 fully saturated rings. The van der Waals surface area contributed by atoms with Gasteiger partial charge in [-0.3, -0.25) is 4.79 Å². The first-order chi connectivity index (χ1) is 19.1. The van der Waals surface area contributed by atoms with Crippen molar-refractivity contribution in [1.82, 2.24) is 4.90 Å². The van der Waals surface area contributed by atoms with E-state index in [0.717, 1.165) is 29.0 Å². The average Bonchev–Trinajstić information content (AvgIpc) is 3.46. The summed E-state index contributed by atoms with van der Waals surface area (Å²) in [5.41, 5.74) is 0.0979. The summed E-state index contributed by atoms with van der Waals surface area (Å²) in [5, 5.41) is 1.73. The molecule has 0 atom stereocenters. The molecule has 1 heterocycles. The zero-order chi connectivity index (χ0) is 28.3. The third-order valence-electron chi connectivity index (χ3n) is 6.19. The van der Waals surface area contributed by atoms with E-state index in [-0.39, 0.29) is 24.7 Å². The van der Waals surface area contributed by atoms with Crippen molar-refractivity contribution in [2.75, 3.05) is 0 Å². The summed E-state index contributed by atoms with van der Waals surface area (Å²) < 4.78 is 74.9. The van der Waals surface area contributed by atoms with E-state index in [4.69, 9.17) is 8.60 Å². The van der Waals surface area contributed by atoms with E-state index >= 15 is 0 Å². The van der Waals surface area contributed by atoms with Crippen LogP contribution >= 0.6 is 0 Å². The number of alkyl halides is 3. The fraction of sp³-hybridized carbons (Fsp3) is 0.100. The Morgan fingerprint density at radius 3 is 2.27 bits per heavy atom. The van der Waals surface area contributed by atoms with E-state index in [1.54, 1.807) is 35.2 Å². The molecule has 10 heteroatoms. The number of amides is 1. The highest BCUT2D eigenvalue weighted by atomic mass is 32.2. The lowest BCUT2D eigenvalue weighted by molar-refractivity contribution is -0.137. The highest BCUT2D eigenvalue weighted by Gasteiger charge is 2.32. The molecule has 0 N–H and O–H groups in total. The Balaban J connectivity index is 1.37. The van der Waals surface area contributed by atoms with Gasteiger partial charge in [0, 0.05) is 12.1 Å². The molecule has 0 spiro atoms. The molecule has 0 aliphatic carbocycles. The Hall–Kier alpha value is -4.57. The molecule has 0 unspecified atom stereocenters. The van der Waals surface area contributed by atoms with Gasteiger partial charge in [-0.25, -0.2) is 0 Å². The van der Waals surface area contributed by atoms with Gasteiger partial charge in [-0.05, 0) is 64.9 Å². The van der Waals surface area contributed by atoms with Crippen LogP contribution in [-0.4, -0.2) is 19.2 Å². The average molecular weight is 566 g/mol. The van der Waals surface area contributed by atoms with Crippen LogP contribution in [0.5, 0.6) is 5.75 Å². The van der Waals surface area contributed by atoms with Crippen LogP contribution in [-0.2, 0) is 29.4 Å². The van der Waals surface area contributed by atoms with Crippen LogP contribution in [0.4, 0.5) is 13.2 Å². The minimum atomic E-state index is -4.70. The Morgan fingerprint density at radius 1 is 0.825 bits per heavy atom. The summed E-state index contributed by atoms with van der Waals surface area (Å²) in [7, 11) is -4.51. The second-order valence-corrected chi connectivity index (χ2v) is 10.5. The molecule has 5 rings (SSSR count). The third-order valence-corrected chi connectivity index (χ3v) is 7.43. The van der Waals surface area contributed by atoms with E-state index in [1.807, 2.05) is 36.4 Å². The number of carbonyl (C=O) groups excluding carboxylic acids is 1. The van der Waals surface area contributed by atoms with Crippen LogP contribution in [0.1, 0.15) is 27.2 Å². The van der Waals surface area contributed by atoms with Crippen molar-refractivity contribution in [2.24, 2.45) is 0 Å². The van der Waals surface area contributed by atoms with Gasteiger partial charge in [-0.1, -0.05) is 54.6 Å². The Labute approximate surface area is 228 Å². The molecular formula is C30H22F3NO5S. The summed E-state index contributed by atoms with van der Waals surface area (Å²) >= 11 is 0. The van der Waals surface area contributed by atoms with E-state index in [0.29, 0.717) is 23.0 Å². The van der Waals surface area contributed by atoms with Crippen LogP contribution in [0.3, 0.4) is 0 Å². The number of halogens is 3. The molecular weight excluding hydrogens is 543 g/mol. The van der Waals surface area contributed by atoms with E-state index in [1.165, 1.54) is 18.4 Å². The predicted octanol–water partition coefficient (Wildman–Crippen LogP) is 7.06. The zero-order valence-corrected chi connectivity index (χ0v) is 21.7. The van der Waals surface area contributed by atoms with E-state index in [2.05, 4.69) is 0 Å². The van der Waals surface area contributed by atoms with Crippen molar-refractivity contribution in [3.63, 3.8) is 0 Å². The smallest absolute Gasteiger partial charge is 0.416 e. The van der Waals surface area contributed by atoms with Crippen molar-refractivity contribution < 1.29 is 35.0 Å². The lowest BCUT2D eigenvalue weighted by atomic mass is 10.0. The normalized spacial score (nSPS) is 11.9. The molecule has 0 saturated carbocycles. The molecule has 4 aromatic carbocycles. The van der Waals surface area contributed by atoms with Gasteiger partial charge in [0.1, 0.15) is 16.4 Å². The Morgan fingerprint density at radius 2 is 1.55 bits per heavy atom. The van der Waals surface area contributed by atoms with Gasteiger partial charge in [0.05, 0.1) is 18.4 Å². The topological polar surface area (TPSA) is 76.8 Å². The fourth-order valence-corrected chi connectivity index (χ4v) is 5.22. The zero-order valence-electron chi connectivity index (χ0n) is 20.8. The van der Waals surface area contributed by atoms with Gasteiger partial charge < -0.3 is 13.5 Å². The molecule has 204 valence electrons. The minimum absolute atomic E-state index is 0.0841. The molecule has 0 radical (unpaired) electrons. The Kier molecular flexibility index (Phi) is 7.36. The maximum atomic E-state index is 13.7. The molecule has 5 aromatic rings. The lowest BCUT2D eigenvalue weighted by Crippen LogP contribution is -2.30. The van der Waals surface area contributed by atoms with Gasteiger partial charge >= 0.3 is 16.3 Å². The highest BCUT2D eigenvalue weighted by Crippen LogP contribution is 2.31. The molecule has 0 aliphatic rings. The van der Waals surface area contributed by atoms with Gasteiger partial charge in [0.2, 0.25) is 0 Å². The minimum Gasteiger partial charge on any atom is -0.467 e. The van der Waals surface area contributed by atoms with Crippen molar-refractivity contribution in [2.45, 2.75) is 24.2 Å². The van der Waals surface area contributed by atoms with Crippen LogP contribution in [0.25, 0.3) is 10.8 Å². The molecule has 1 aromatic heterocycles. The van der Waals surface area contributed by atoms with E-state index < -0.39 is 26.8 Å². The van der Waals surface area contributed by atoms with Crippen molar-refractivity contribution in [3.05, 3.63) is 132 Å². The van der Waals surface area contributed by atoms with Crippen LogP contribution in [0, 0.1) is 0 Å². The van der Waals surface area contributed by atoms with Crippen molar-refractivity contribution in [1.29, 1.82) is 0 Å². The highest BCUT2D eigenvalue weighted by molar-refractivity contribution is 7.87.